The number of nitrogens with zero attached hydrogens (tertiary/aromatic N) is 2. The van der Waals surface area contributed by atoms with Crippen LogP contribution in [-0.4, -0.2) is 62.2 Å². The van der Waals surface area contributed by atoms with E-state index in [2.05, 4.69) is 43.1 Å². The van der Waals surface area contributed by atoms with Gasteiger partial charge in [0.1, 0.15) is 0 Å². The molecule has 1 aliphatic heterocycles. The summed E-state index contributed by atoms with van der Waals surface area (Å²) in [5.41, 5.74) is 0. The second-order valence-corrected chi connectivity index (χ2v) is 4.79. The van der Waals surface area contributed by atoms with Crippen LogP contribution in [0.15, 0.2) is 0 Å². The Bertz CT molecular complexity index is 159. The van der Waals surface area contributed by atoms with Crippen molar-refractivity contribution in [3.8, 4) is 0 Å². The molecule has 14 heavy (non-hydrogen) atoms. The maximum absolute atomic E-state index is 3.48. The molecule has 0 aromatic rings. The van der Waals surface area contributed by atoms with Crippen molar-refractivity contribution in [2.75, 3.05) is 40.3 Å². The smallest absolute Gasteiger partial charge is 0.0167 e. The second-order valence-electron chi connectivity index (χ2n) is 4.79. The lowest BCUT2D eigenvalue weighted by atomic mass is 10.1. The summed E-state index contributed by atoms with van der Waals surface area (Å²) in [5.74, 6) is 0. The van der Waals surface area contributed by atoms with E-state index in [0.29, 0.717) is 6.04 Å². The fourth-order valence-electron chi connectivity index (χ4n) is 1.99. The Morgan fingerprint density at radius 1 is 1.50 bits per heavy atom. The van der Waals surface area contributed by atoms with Crippen molar-refractivity contribution in [2.45, 2.75) is 32.4 Å². The largest absolute Gasteiger partial charge is 0.312 e. The van der Waals surface area contributed by atoms with Gasteiger partial charge in [0.05, 0.1) is 0 Å². The van der Waals surface area contributed by atoms with Crippen LogP contribution < -0.4 is 5.32 Å². The Morgan fingerprint density at radius 2 is 2.21 bits per heavy atom. The molecule has 1 aliphatic rings. The van der Waals surface area contributed by atoms with Gasteiger partial charge in [0.25, 0.3) is 0 Å². The van der Waals surface area contributed by atoms with E-state index >= 15 is 0 Å². The monoisotopic (exact) mass is 199 g/mol. The molecule has 1 N–H and O–H groups in total. The zero-order valence-corrected chi connectivity index (χ0v) is 10.1. The van der Waals surface area contributed by atoms with E-state index in [1.165, 1.54) is 26.1 Å². The normalized spacial score (nSPS) is 26.8. The molecule has 0 aromatic heterocycles. The molecule has 0 bridgehead atoms. The first-order valence-electron chi connectivity index (χ1n) is 5.71. The van der Waals surface area contributed by atoms with Crippen molar-refractivity contribution < 1.29 is 0 Å². The molecular weight excluding hydrogens is 174 g/mol. The third-order valence-corrected chi connectivity index (χ3v) is 3.02. The summed E-state index contributed by atoms with van der Waals surface area (Å²) in [5, 5.41) is 3.48. The molecule has 0 radical (unpaired) electrons. The molecule has 1 fully saturated rings. The molecule has 2 unspecified atom stereocenters. The van der Waals surface area contributed by atoms with Crippen LogP contribution in [0.2, 0.25) is 0 Å². The summed E-state index contributed by atoms with van der Waals surface area (Å²) in [6, 6.07) is 1.38. The first kappa shape index (κ1) is 12.0. The van der Waals surface area contributed by atoms with Crippen LogP contribution >= 0.6 is 0 Å². The molecule has 3 nitrogen and oxygen atoms in total. The first-order chi connectivity index (χ1) is 6.59. The van der Waals surface area contributed by atoms with E-state index < -0.39 is 0 Å². The standard InChI is InChI=1S/C11H25N3/c1-10-9-14(8-6-12-10)11(2)5-7-13(3)4/h10-12H,5-9H2,1-4H3. The summed E-state index contributed by atoms with van der Waals surface area (Å²) in [7, 11) is 4.29. The predicted octanol–water partition coefficient (Wildman–Crippen LogP) is 0.620. The van der Waals surface area contributed by atoms with Crippen molar-refractivity contribution in [3.63, 3.8) is 0 Å². The van der Waals surface area contributed by atoms with Gasteiger partial charge in [-0.2, -0.15) is 0 Å². The molecule has 0 saturated carbocycles. The molecule has 1 saturated heterocycles. The van der Waals surface area contributed by atoms with E-state index in [0.717, 1.165) is 12.6 Å². The van der Waals surface area contributed by atoms with E-state index in [9.17, 15) is 0 Å². The molecule has 0 spiro atoms. The van der Waals surface area contributed by atoms with Crippen molar-refractivity contribution in [1.29, 1.82) is 0 Å². The molecule has 84 valence electrons. The maximum atomic E-state index is 3.48. The van der Waals surface area contributed by atoms with Gasteiger partial charge in [-0.25, -0.2) is 0 Å². The minimum atomic E-state index is 0.658. The quantitative estimate of drug-likeness (QED) is 0.716. The Labute approximate surface area is 88.5 Å². The van der Waals surface area contributed by atoms with Gasteiger partial charge in [0.2, 0.25) is 0 Å². The van der Waals surface area contributed by atoms with Crippen LogP contribution in [0, 0.1) is 0 Å². The topological polar surface area (TPSA) is 18.5 Å². The molecule has 0 amide bonds. The fourth-order valence-corrected chi connectivity index (χ4v) is 1.99. The highest BCUT2D eigenvalue weighted by atomic mass is 15.2. The predicted molar refractivity (Wildman–Crippen MR) is 61.7 cm³/mol. The molecular formula is C11H25N3. The Morgan fingerprint density at radius 3 is 2.79 bits per heavy atom. The number of rotatable bonds is 4. The minimum absolute atomic E-state index is 0.658. The van der Waals surface area contributed by atoms with Crippen LogP contribution in [0.25, 0.3) is 0 Å². The van der Waals surface area contributed by atoms with Crippen LogP contribution in [0.4, 0.5) is 0 Å². The van der Waals surface area contributed by atoms with Gasteiger partial charge >= 0.3 is 0 Å². The lowest BCUT2D eigenvalue weighted by Crippen LogP contribution is -2.52. The number of hydrogen-bond donors (Lipinski definition) is 1. The summed E-state index contributed by atoms with van der Waals surface area (Å²) >= 11 is 0. The zero-order valence-electron chi connectivity index (χ0n) is 10.1. The van der Waals surface area contributed by atoms with E-state index in [1.807, 2.05) is 0 Å². The summed E-state index contributed by atoms with van der Waals surface area (Å²) < 4.78 is 0. The second kappa shape index (κ2) is 5.69. The van der Waals surface area contributed by atoms with Crippen molar-refractivity contribution in [3.05, 3.63) is 0 Å². The van der Waals surface area contributed by atoms with Gasteiger partial charge in [-0.1, -0.05) is 0 Å². The summed E-state index contributed by atoms with van der Waals surface area (Å²) in [6.45, 7) is 9.37. The van der Waals surface area contributed by atoms with Crippen LogP contribution in [0.1, 0.15) is 20.3 Å². The number of nitrogens with one attached hydrogen (secondary N) is 1. The van der Waals surface area contributed by atoms with Crippen molar-refractivity contribution in [2.24, 2.45) is 0 Å². The molecule has 3 heteroatoms. The fraction of sp³-hybridized carbons (Fsp3) is 1.00. The van der Waals surface area contributed by atoms with Gasteiger partial charge in [-0.05, 0) is 40.9 Å². The summed E-state index contributed by atoms with van der Waals surface area (Å²) in [6.07, 6.45) is 1.28. The number of piperazine rings is 1. The molecule has 0 aliphatic carbocycles. The van der Waals surface area contributed by atoms with Crippen LogP contribution in [-0.2, 0) is 0 Å². The SMILES string of the molecule is CC1CN(C(C)CCN(C)C)CCN1. The third kappa shape index (κ3) is 3.95. The molecule has 1 rings (SSSR count). The highest BCUT2D eigenvalue weighted by Crippen LogP contribution is 2.07. The Hall–Kier alpha value is -0.120. The molecule has 1 heterocycles. The highest BCUT2D eigenvalue weighted by molar-refractivity contribution is 4.79. The maximum Gasteiger partial charge on any atom is 0.0167 e. The van der Waals surface area contributed by atoms with Gasteiger partial charge in [-0.15, -0.1) is 0 Å². The van der Waals surface area contributed by atoms with Gasteiger partial charge in [0.15, 0.2) is 0 Å². The Balaban J connectivity index is 2.25. The Kier molecular flexibility index (Phi) is 4.85. The molecule has 2 atom stereocenters. The molecule has 0 aromatic carbocycles. The number of hydrogen-bond acceptors (Lipinski definition) is 3. The lowest BCUT2D eigenvalue weighted by Gasteiger charge is -2.36. The van der Waals surface area contributed by atoms with Gasteiger partial charge in [-0.3, -0.25) is 4.90 Å². The third-order valence-electron chi connectivity index (χ3n) is 3.02. The van der Waals surface area contributed by atoms with Gasteiger partial charge < -0.3 is 10.2 Å². The van der Waals surface area contributed by atoms with E-state index in [1.54, 1.807) is 0 Å². The average molecular weight is 199 g/mol. The zero-order chi connectivity index (χ0) is 10.6. The van der Waals surface area contributed by atoms with Gasteiger partial charge in [0, 0.05) is 31.7 Å². The van der Waals surface area contributed by atoms with E-state index in [4.69, 9.17) is 0 Å². The van der Waals surface area contributed by atoms with Crippen LogP contribution in [0.5, 0.6) is 0 Å². The van der Waals surface area contributed by atoms with E-state index in [-0.39, 0.29) is 0 Å². The van der Waals surface area contributed by atoms with Crippen molar-refractivity contribution >= 4 is 0 Å². The summed E-state index contributed by atoms with van der Waals surface area (Å²) in [4.78, 5) is 4.87. The van der Waals surface area contributed by atoms with Crippen molar-refractivity contribution in [1.82, 2.24) is 15.1 Å². The van der Waals surface area contributed by atoms with Crippen LogP contribution in [0.3, 0.4) is 0 Å². The minimum Gasteiger partial charge on any atom is -0.312 e. The lowest BCUT2D eigenvalue weighted by molar-refractivity contribution is 0.145. The average Bonchev–Trinajstić information content (AvgIpc) is 2.14. The first-order valence-corrected chi connectivity index (χ1v) is 5.71. The highest BCUT2D eigenvalue weighted by Gasteiger charge is 2.19.